The summed E-state index contributed by atoms with van der Waals surface area (Å²) in [5.41, 5.74) is 2.55. The molecule has 0 amide bonds. The molecule has 0 radical (unpaired) electrons. The topological polar surface area (TPSA) is 97.7 Å². The van der Waals surface area contributed by atoms with Crippen LogP contribution >= 0.6 is 0 Å². The lowest BCUT2D eigenvalue weighted by atomic mass is 10.1. The summed E-state index contributed by atoms with van der Waals surface area (Å²) in [6, 6.07) is 11.7. The Hall–Kier alpha value is -3.22. The minimum atomic E-state index is -0.902. The van der Waals surface area contributed by atoms with Crippen LogP contribution in [0.15, 0.2) is 48.7 Å². The van der Waals surface area contributed by atoms with Gasteiger partial charge in [0.25, 0.3) is 5.69 Å². The maximum atomic E-state index is 11.0. The number of aromatic nitrogens is 2. The minimum absolute atomic E-state index is 0.0243. The van der Waals surface area contributed by atoms with Crippen molar-refractivity contribution in [3.8, 4) is 11.3 Å². The number of pyridine rings is 1. The summed E-state index contributed by atoms with van der Waals surface area (Å²) in [4.78, 5) is 25.9. The number of aliphatic carboxylic acids is 1. The van der Waals surface area contributed by atoms with E-state index in [4.69, 9.17) is 5.11 Å². The molecule has 0 atom stereocenters. The van der Waals surface area contributed by atoms with Crippen molar-refractivity contribution in [3.63, 3.8) is 0 Å². The highest BCUT2D eigenvalue weighted by atomic mass is 16.6. The number of carboxylic acid groups (broad SMARTS) is 1. The second kappa shape index (κ2) is 5.88. The molecule has 0 saturated heterocycles. The lowest BCUT2D eigenvalue weighted by Gasteiger charge is -2.04. The molecule has 0 unspecified atom stereocenters. The van der Waals surface area contributed by atoms with Gasteiger partial charge in [0.05, 0.1) is 22.7 Å². The predicted molar refractivity (Wildman–Crippen MR) is 83.2 cm³/mol. The molecule has 7 nitrogen and oxygen atoms in total. The molecule has 0 spiro atoms. The molecule has 2 aromatic heterocycles. The maximum Gasteiger partial charge on any atom is 0.303 e. The Bertz CT molecular complexity index is 901. The van der Waals surface area contributed by atoms with Gasteiger partial charge in [0.1, 0.15) is 5.65 Å². The molecule has 3 rings (SSSR count). The summed E-state index contributed by atoms with van der Waals surface area (Å²) in [5, 5.41) is 19.9. The van der Waals surface area contributed by atoms with Gasteiger partial charge < -0.3 is 9.51 Å². The van der Waals surface area contributed by atoms with Gasteiger partial charge in [-0.1, -0.05) is 18.2 Å². The van der Waals surface area contributed by atoms with Gasteiger partial charge in [-0.05, 0) is 12.1 Å². The van der Waals surface area contributed by atoms with E-state index in [0.29, 0.717) is 23.3 Å². The number of fused-ring (bicyclic) bond motifs is 1. The lowest BCUT2D eigenvalue weighted by molar-refractivity contribution is -0.384. The van der Waals surface area contributed by atoms with E-state index in [1.54, 1.807) is 18.3 Å². The van der Waals surface area contributed by atoms with Gasteiger partial charge in [0.15, 0.2) is 0 Å². The quantitative estimate of drug-likeness (QED) is 0.577. The van der Waals surface area contributed by atoms with E-state index in [2.05, 4.69) is 4.98 Å². The summed E-state index contributed by atoms with van der Waals surface area (Å²) in [5.74, 6) is -0.902. The number of benzene rings is 1. The molecule has 116 valence electrons. The molecule has 0 bridgehead atoms. The van der Waals surface area contributed by atoms with Crippen LogP contribution in [0.3, 0.4) is 0 Å². The van der Waals surface area contributed by atoms with Gasteiger partial charge in [-0.3, -0.25) is 14.9 Å². The molecule has 3 aromatic rings. The molecule has 23 heavy (non-hydrogen) atoms. The Labute approximate surface area is 131 Å². The third-order valence-corrected chi connectivity index (χ3v) is 3.53. The average molecular weight is 311 g/mol. The lowest BCUT2D eigenvalue weighted by Crippen LogP contribution is -2.01. The van der Waals surface area contributed by atoms with Crippen LogP contribution in [-0.2, 0) is 11.2 Å². The minimum Gasteiger partial charge on any atom is -0.481 e. The van der Waals surface area contributed by atoms with Crippen LogP contribution in [0.2, 0.25) is 0 Å². The van der Waals surface area contributed by atoms with Crippen LogP contribution < -0.4 is 0 Å². The van der Waals surface area contributed by atoms with Crippen molar-refractivity contribution in [2.75, 3.05) is 0 Å². The number of hydrogen-bond donors (Lipinski definition) is 1. The molecule has 7 heteroatoms. The first-order valence-electron chi connectivity index (χ1n) is 6.99. The molecule has 0 saturated carbocycles. The third-order valence-electron chi connectivity index (χ3n) is 3.53. The van der Waals surface area contributed by atoms with Crippen molar-refractivity contribution in [1.82, 2.24) is 9.38 Å². The smallest absolute Gasteiger partial charge is 0.303 e. The van der Waals surface area contributed by atoms with Crippen molar-refractivity contribution >= 4 is 17.3 Å². The monoisotopic (exact) mass is 311 g/mol. The van der Waals surface area contributed by atoms with Gasteiger partial charge in [-0.25, -0.2) is 4.98 Å². The maximum absolute atomic E-state index is 11.0. The Balaban J connectivity index is 2.15. The fraction of sp³-hybridized carbons (Fsp3) is 0.125. The highest BCUT2D eigenvalue weighted by molar-refractivity contribution is 5.71. The molecule has 0 aliphatic rings. The molecule has 1 aromatic carbocycles. The number of aryl methyl sites for hydroxylation is 1. The van der Waals surface area contributed by atoms with E-state index >= 15 is 0 Å². The molecule has 0 aliphatic heterocycles. The molecular weight excluding hydrogens is 298 g/mol. The fourth-order valence-electron chi connectivity index (χ4n) is 2.51. The molecule has 1 N–H and O–H groups in total. The Morgan fingerprint density at radius 3 is 2.83 bits per heavy atom. The van der Waals surface area contributed by atoms with Gasteiger partial charge >= 0.3 is 5.97 Å². The fourth-order valence-corrected chi connectivity index (χ4v) is 2.51. The highest BCUT2D eigenvalue weighted by Gasteiger charge is 2.17. The normalized spacial score (nSPS) is 10.8. The average Bonchev–Trinajstić information content (AvgIpc) is 2.91. The van der Waals surface area contributed by atoms with Gasteiger partial charge in [-0.2, -0.15) is 0 Å². The van der Waals surface area contributed by atoms with Gasteiger partial charge in [-0.15, -0.1) is 0 Å². The van der Waals surface area contributed by atoms with Crippen molar-refractivity contribution < 1.29 is 14.8 Å². The first-order chi connectivity index (χ1) is 11.1. The zero-order chi connectivity index (χ0) is 16.4. The van der Waals surface area contributed by atoms with E-state index < -0.39 is 10.9 Å². The number of non-ortho nitro benzene ring substituents is 1. The summed E-state index contributed by atoms with van der Waals surface area (Å²) in [6.07, 6.45) is 2.06. The van der Waals surface area contributed by atoms with Crippen LogP contribution in [0.25, 0.3) is 16.9 Å². The molecular formula is C16H13N3O4. The van der Waals surface area contributed by atoms with Crippen molar-refractivity contribution in [2.24, 2.45) is 0 Å². The standard InChI is InChI=1S/C16H13N3O4/c20-15(21)8-7-13-16(17-14-6-1-2-9-18(13)14)11-4-3-5-12(10-11)19(22)23/h1-6,9-10H,7-8H2,(H,20,21). The summed E-state index contributed by atoms with van der Waals surface area (Å²) in [6.45, 7) is 0. The van der Waals surface area contributed by atoms with E-state index in [0.717, 1.165) is 5.69 Å². The largest absolute Gasteiger partial charge is 0.481 e. The van der Waals surface area contributed by atoms with E-state index in [9.17, 15) is 14.9 Å². The predicted octanol–water partition coefficient (Wildman–Crippen LogP) is 2.93. The number of carboxylic acids is 1. The summed E-state index contributed by atoms with van der Waals surface area (Å²) in [7, 11) is 0. The van der Waals surface area contributed by atoms with Crippen molar-refractivity contribution in [2.45, 2.75) is 12.8 Å². The number of imidazole rings is 1. The zero-order valence-corrected chi connectivity index (χ0v) is 12.0. The number of nitro benzene ring substituents is 1. The number of nitrogens with zero attached hydrogens (tertiary/aromatic N) is 3. The Morgan fingerprint density at radius 1 is 1.26 bits per heavy atom. The molecule has 2 heterocycles. The van der Waals surface area contributed by atoms with Gasteiger partial charge in [0, 0.05) is 30.3 Å². The van der Waals surface area contributed by atoms with Crippen LogP contribution in [0, 0.1) is 10.1 Å². The van der Waals surface area contributed by atoms with Crippen LogP contribution in [0.1, 0.15) is 12.1 Å². The van der Waals surface area contributed by atoms with E-state index in [1.807, 2.05) is 22.6 Å². The number of nitro groups is 1. The van der Waals surface area contributed by atoms with Crippen molar-refractivity contribution in [1.29, 1.82) is 0 Å². The van der Waals surface area contributed by atoms with E-state index in [1.165, 1.54) is 12.1 Å². The second-order valence-electron chi connectivity index (χ2n) is 5.04. The summed E-state index contributed by atoms with van der Waals surface area (Å²) < 4.78 is 1.82. The zero-order valence-electron chi connectivity index (χ0n) is 12.0. The first kappa shape index (κ1) is 14.7. The highest BCUT2D eigenvalue weighted by Crippen LogP contribution is 2.28. The Morgan fingerprint density at radius 2 is 2.09 bits per heavy atom. The SMILES string of the molecule is O=C(O)CCc1c(-c2cccc([N+](=O)[O-])c2)nc2ccccn12. The van der Waals surface area contributed by atoms with E-state index in [-0.39, 0.29) is 12.1 Å². The number of hydrogen-bond acceptors (Lipinski definition) is 4. The number of rotatable bonds is 5. The summed E-state index contributed by atoms with van der Waals surface area (Å²) >= 11 is 0. The molecule has 0 fully saturated rings. The second-order valence-corrected chi connectivity index (χ2v) is 5.04. The molecule has 0 aliphatic carbocycles. The van der Waals surface area contributed by atoms with Crippen LogP contribution in [-0.4, -0.2) is 25.4 Å². The third kappa shape index (κ3) is 2.89. The van der Waals surface area contributed by atoms with Crippen LogP contribution in [0.5, 0.6) is 0 Å². The van der Waals surface area contributed by atoms with Gasteiger partial charge in [0.2, 0.25) is 0 Å². The first-order valence-corrected chi connectivity index (χ1v) is 6.99. The van der Waals surface area contributed by atoms with Crippen LogP contribution in [0.4, 0.5) is 5.69 Å². The van der Waals surface area contributed by atoms with Crippen molar-refractivity contribution in [3.05, 3.63) is 64.5 Å². The Kier molecular flexibility index (Phi) is 3.76. The number of carbonyl (C=O) groups is 1.